The number of nitrogens with one attached hydrogen (secondary N) is 1. The molecule has 0 aliphatic rings. The Kier molecular flexibility index (Phi) is 4.70. The molecule has 0 saturated heterocycles. The van der Waals surface area contributed by atoms with Gasteiger partial charge in [0, 0.05) is 11.8 Å². The van der Waals surface area contributed by atoms with Crippen molar-refractivity contribution >= 4 is 33.4 Å². The lowest BCUT2D eigenvalue weighted by atomic mass is 10.0. The maximum atomic E-state index is 12.5. The molecule has 20 heavy (non-hydrogen) atoms. The number of halogens is 4. The van der Waals surface area contributed by atoms with Gasteiger partial charge >= 0.3 is 6.30 Å². The van der Waals surface area contributed by atoms with E-state index < -0.39 is 31.7 Å². The number of carbonyl (C=O) groups is 1. The second-order valence-corrected chi connectivity index (χ2v) is 6.36. The van der Waals surface area contributed by atoms with Crippen molar-refractivity contribution in [2.45, 2.75) is 24.5 Å². The number of rotatable bonds is 4. The molecule has 9 heteroatoms. The molecule has 1 rings (SSSR count). The van der Waals surface area contributed by atoms with E-state index in [0.29, 0.717) is 6.29 Å². The fourth-order valence-electron chi connectivity index (χ4n) is 1.72. The molecule has 0 atom stereocenters. The minimum absolute atomic E-state index is 0.00900. The van der Waals surface area contributed by atoms with Crippen molar-refractivity contribution in [1.82, 2.24) is 0 Å². The molecule has 1 aromatic carbocycles. The van der Waals surface area contributed by atoms with E-state index in [1.807, 2.05) is 0 Å². The van der Waals surface area contributed by atoms with Gasteiger partial charge in [-0.1, -0.05) is 18.5 Å². The van der Waals surface area contributed by atoms with Crippen molar-refractivity contribution in [2.75, 3.05) is 11.6 Å². The van der Waals surface area contributed by atoms with Gasteiger partial charge in [-0.25, -0.2) is 8.42 Å². The Balaban J connectivity index is 3.73. The first kappa shape index (κ1) is 16.8. The van der Waals surface area contributed by atoms with Crippen LogP contribution in [0.4, 0.5) is 18.9 Å². The van der Waals surface area contributed by atoms with Gasteiger partial charge in [0.2, 0.25) is 0 Å². The van der Waals surface area contributed by atoms with E-state index in [1.165, 1.54) is 12.2 Å². The van der Waals surface area contributed by atoms with Gasteiger partial charge in [0.05, 0.1) is 15.6 Å². The monoisotopic (exact) mass is 329 g/mol. The van der Waals surface area contributed by atoms with Gasteiger partial charge in [0.25, 0.3) is 0 Å². The van der Waals surface area contributed by atoms with Crippen molar-refractivity contribution in [3.8, 4) is 0 Å². The molecule has 0 saturated carbocycles. The molecule has 0 radical (unpaired) electrons. The summed E-state index contributed by atoms with van der Waals surface area (Å²) < 4.78 is 60.5. The highest BCUT2D eigenvalue weighted by Gasteiger charge is 2.31. The summed E-state index contributed by atoms with van der Waals surface area (Å²) in [5, 5.41) is 0.624. The molecule has 0 bridgehead atoms. The predicted octanol–water partition coefficient (Wildman–Crippen LogP) is 3.05. The van der Waals surface area contributed by atoms with E-state index in [2.05, 4.69) is 0 Å². The zero-order valence-corrected chi connectivity index (χ0v) is 12.1. The van der Waals surface area contributed by atoms with E-state index in [4.69, 9.17) is 11.6 Å². The average Bonchev–Trinajstić information content (AvgIpc) is 2.28. The summed E-state index contributed by atoms with van der Waals surface area (Å²) in [6.45, 7) is 1.53. The second kappa shape index (κ2) is 5.61. The van der Waals surface area contributed by atoms with Gasteiger partial charge in [-0.2, -0.15) is 13.2 Å². The van der Waals surface area contributed by atoms with Crippen LogP contribution in [0.1, 0.15) is 22.8 Å². The first-order valence-electron chi connectivity index (χ1n) is 5.36. The fourth-order valence-corrected chi connectivity index (χ4v) is 3.12. The van der Waals surface area contributed by atoms with Crippen molar-refractivity contribution < 1.29 is 26.4 Å². The average molecular weight is 330 g/mol. The number of anilines is 1. The Bertz CT molecular complexity index is 641. The van der Waals surface area contributed by atoms with Crippen molar-refractivity contribution in [1.29, 1.82) is 0 Å². The molecule has 0 fully saturated rings. The number of alkyl halides is 3. The topological polar surface area (TPSA) is 63.2 Å². The Morgan fingerprint density at radius 3 is 2.30 bits per heavy atom. The summed E-state index contributed by atoms with van der Waals surface area (Å²) in [4.78, 5) is 10.4. The number of aldehydes is 1. The van der Waals surface area contributed by atoms with Crippen LogP contribution in [0, 0.1) is 0 Å². The number of hydrogen-bond acceptors (Lipinski definition) is 4. The van der Waals surface area contributed by atoms with Crippen molar-refractivity contribution in [2.24, 2.45) is 0 Å². The smallest absolute Gasteiger partial charge is 0.298 e. The molecule has 112 valence electrons. The molecule has 0 spiro atoms. The summed E-state index contributed by atoms with van der Waals surface area (Å²) >= 11 is 5.75. The third-order valence-electron chi connectivity index (χ3n) is 2.52. The predicted molar refractivity (Wildman–Crippen MR) is 69.0 cm³/mol. The van der Waals surface area contributed by atoms with Gasteiger partial charge in [0.15, 0.2) is 9.84 Å². The molecule has 4 nitrogen and oxygen atoms in total. The van der Waals surface area contributed by atoms with Crippen molar-refractivity contribution in [3.63, 3.8) is 0 Å². The Labute approximate surface area is 118 Å². The van der Waals surface area contributed by atoms with Crippen LogP contribution in [-0.2, 0) is 16.3 Å². The third-order valence-corrected chi connectivity index (χ3v) is 4.14. The zero-order chi connectivity index (χ0) is 15.7. The summed E-state index contributed by atoms with van der Waals surface area (Å²) in [6, 6.07) is 0.977. The highest BCUT2D eigenvalue weighted by Crippen LogP contribution is 2.37. The molecule has 1 N–H and O–H groups in total. The zero-order valence-electron chi connectivity index (χ0n) is 10.5. The maximum Gasteiger partial charge on any atom is 0.482 e. The molecule has 0 aromatic heterocycles. The van der Waals surface area contributed by atoms with Crippen LogP contribution >= 0.6 is 11.6 Å². The number of hydrogen-bond donors (Lipinski definition) is 1. The minimum Gasteiger partial charge on any atom is -0.298 e. The number of sulfone groups is 1. The van der Waals surface area contributed by atoms with Crippen LogP contribution in [0.3, 0.4) is 0 Å². The minimum atomic E-state index is -4.80. The quantitative estimate of drug-likeness (QED) is 0.681. The second-order valence-electron chi connectivity index (χ2n) is 4.00. The summed E-state index contributed by atoms with van der Waals surface area (Å²) in [6.07, 6.45) is -3.63. The molecule has 0 unspecified atom stereocenters. The molecular formula is C11H11ClF3NO3S. The Morgan fingerprint density at radius 2 is 1.95 bits per heavy atom. The molecular weight excluding hydrogens is 319 g/mol. The SMILES string of the molecule is CCc1c(C=O)cc(S(C)(=O)=O)c(Cl)c1NC(F)(F)F. The van der Waals surface area contributed by atoms with Crippen LogP contribution < -0.4 is 5.32 Å². The number of benzene rings is 1. The van der Waals surface area contributed by atoms with Crippen LogP contribution in [-0.4, -0.2) is 27.3 Å². The van der Waals surface area contributed by atoms with Gasteiger partial charge in [0.1, 0.15) is 6.29 Å². The van der Waals surface area contributed by atoms with Crippen LogP contribution in [0.2, 0.25) is 5.02 Å². The summed E-state index contributed by atoms with van der Waals surface area (Å²) in [5.74, 6) is 0. The molecule has 1 aromatic rings. The molecule has 0 heterocycles. The van der Waals surface area contributed by atoms with E-state index in [1.54, 1.807) is 0 Å². The lowest BCUT2D eigenvalue weighted by Crippen LogP contribution is -2.23. The highest BCUT2D eigenvalue weighted by atomic mass is 35.5. The molecule has 0 aliphatic heterocycles. The standard InChI is InChI=1S/C11H11ClF3NO3S/c1-3-7-6(5-17)4-8(20(2,18)19)9(12)10(7)16-11(13,14)15/h4-5,16H,3H2,1-2H3. The molecule has 0 aliphatic carbocycles. The Hall–Kier alpha value is -1.28. The van der Waals surface area contributed by atoms with E-state index >= 15 is 0 Å². The van der Waals surface area contributed by atoms with E-state index in [9.17, 15) is 26.4 Å². The fraction of sp³-hybridized carbons (Fsp3) is 0.364. The number of carbonyl (C=O) groups excluding carboxylic acids is 1. The van der Waals surface area contributed by atoms with E-state index in [-0.39, 0.29) is 17.5 Å². The first-order chi connectivity index (χ1) is 9.01. The summed E-state index contributed by atoms with van der Waals surface area (Å²) in [7, 11) is -3.87. The lowest BCUT2D eigenvalue weighted by molar-refractivity contribution is -0.1000. The van der Waals surface area contributed by atoms with Gasteiger partial charge < -0.3 is 0 Å². The van der Waals surface area contributed by atoms with Crippen LogP contribution in [0.25, 0.3) is 0 Å². The van der Waals surface area contributed by atoms with Crippen LogP contribution in [0.15, 0.2) is 11.0 Å². The van der Waals surface area contributed by atoms with Gasteiger partial charge in [-0.05, 0) is 18.1 Å². The van der Waals surface area contributed by atoms with Crippen LogP contribution in [0.5, 0.6) is 0 Å². The summed E-state index contributed by atoms with van der Waals surface area (Å²) in [5.41, 5.74) is -0.745. The molecule has 0 amide bonds. The third kappa shape index (κ3) is 3.63. The first-order valence-corrected chi connectivity index (χ1v) is 7.63. The largest absolute Gasteiger partial charge is 0.482 e. The van der Waals surface area contributed by atoms with Crippen molar-refractivity contribution in [3.05, 3.63) is 22.2 Å². The Morgan fingerprint density at radius 1 is 1.40 bits per heavy atom. The maximum absolute atomic E-state index is 12.5. The van der Waals surface area contributed by atoms with Gasteiger partial charge in [-0.15, -0.1) is 0 Å². The van der Waals surface area contributed by atoms with E-state index in [0.717, 1.165) is 12.3 Å². The van der Waals surface area contributed by atoms with Gasteiger partial charge in [-0.3, -0.25) is 10.1 Å². The highest BCUT2D eigenvalue weighted by molar-refractivity contribution is 7.90. The lowest BCUT2D eigenvalue weighted by Gasteiger charge is -2.18. The normalized spacial score (nSPS) is 12.3.